The highest BCUT2D eigenvalue weighted by Gasteiger charge is 2.38. The first-order valence-electron chi connectivity index (χ1n) is 14.9. The molecule has 0 unspecified atom stereocenters. The van der Waals surface area contributed by atoms with Crippen molar-refractivity contribution < 1.29 is 4.39 Å². The van der Waals surface area contributed by atoms with Gasteiger partial charge < -0.3 is 10.6 Å². The monoisotopic (exact) mass is 569 g/mol. The normalized spacial score (nSPS) is 19.1. The van der Waals surface area contributed by atoms with Crippen molar-refractivity contribution in [1.29, 1.82) is 0 Å². The van der Waals surface area contributed by atoms with E-state index in [9.17, 15) is 4.39 Å². The highest BCUT2D eigenvalue weighted by molar-refractivity contribution is 5.91. The molecule has 1 aliphatic heterocycles. The Morgan fingerprint density at radius 3 is 2.35 bits per heavy atom. The van der Waals surface area contributed by atoms with Crippen LogP contribution in [0.1, 0.15) is 24.6 Å². The molecule has 6 aromatic rings. The van der Waals surface area contributed by atoms with Crippen molar-refractivity contribution in [2.75, 3.05) is 36.8 Å². The largest absolute Gasteiger partial charge is 0.382 e. The maximum Gasteiger partial charge on any atom is 0.150 e. The molecule has 43 heavy (non-hydrogen) atoms. The van der Waals surface area contributed by atoms with Crippen LogP contribution in [-0.2, 0) is 0 Å². The van der Waals surface area contributed by atoms with E-state index in [0.717, 1.165) is 89.5 Å². The van der Waals surface area contributed by atoms with E-state index in [4.69, 9.17) is 15.7 Å². The van der Waals surface area contributed by atoms with E-state index in [2.05, 4.69) is 61.6 Å². The minimum Gasteiger partial charge on any atom is -0.382 e. The van der Waals surface area contributed by atoms with E-state index in [-0.39, 0.29) is 5.82 Å². The molecule has 8 rings (SSSR count). The lowest BCUT2D eigenvalue weighted by Gasteiger charge is -2.46. The molecule has 4 heterocycles. The summed E-state index contributed by atoms with van der Waals surface area (Å²) < 4.78 is 15.5. The third kappa shape index (κ3) is 4.68. The molecule has 0 spiro atoms. The summed E-state index contributed by atoms with van der Waals surface area (Å²) in [7, 11) is 0. The maximum atomic E-state index is 13.4. The van der Waals surface area contributed by atoms with Gasteiger partial charge in [0.25, 0.3) is 0 Å². The van der Waals surface area contributed by atoms with E-state index >= 15 is 0 Å². The zero-order valence-electron chi connectivity index (χ0n) is 23.8. The van der Waals surface area contributed by atoms with Crippen LogP contribution in [0.3, 0.4) is 0 Å². The number of hydrogen-bond donors (Lipinski definition) is 1. The van der Waals surface area contributed by atoms with Gasteiger partial charge in [-0.3, -0.25) is 9.30 Å². The molecule has 1 saturated carbocycles. The number of benzene rings is 3. The van der Waals surface area contributed by atoms with Crippen LogP contribution < -0.4 is 10.6 Å². The Labute approximate surface area is 249 Å². The first-order chi connectivity index (χ1) is 21.1. The van der Waals surface area contributed by atoms with Gasteiger partial charge >= 0.3 is 0 Å². The molecule has 0 bridgehead atoms. The zero-order valence-corrected chi connectivity index (χ0v) is 23.8. The SMILES string of the molecule is Nc1nccn2c(C3CC(N4CCN(c5ccc(F)cc5)CC4)C3)nc(-c3ccc4ccc(-c5ccccc5)nc4c3)c12. The quantitative estimate of drug-likeness (QED) is 0.259. The molecule has 0 atom stereocenters. The molecule has 1 aliphatic carbocycles. The first kappa shape index (κ1) is 25.9. The molecule has 2 fully saturated rings. The van der Waals surface area contributed by atoms with Crippen molar-refractivity contribution in [3.05, 3.63) is 109 Å². The van der Waals surface area contributed by atoms with Gasteiger partial charge in [-0.25, -0.2) is 19.3 Å². The number of rotatable bonds is 5. The number of nitrogens with two attached hydrogens (primary N) is 1. The standard InChI is InChI=1S/C35H32FN7/c36-27-9-11-28(12-10-27)41-16-18-42(19-17-41)29-20-26(21-29)35-40-32(33-34(37)38-14-15-43(33)35)25-7-6-24-8-13-30(39-31(24)22-25)23-4-2-1-3-5-23/h1-15,22,26,29H,16-21H2,(H2,37,38). The van der Waals surface area contributed by atoms with E-state index < -0.39 is 0 Å². The van der Waals surface area contributed by atoms with Crippen molar-refractivity contribution >= 4 is 27.9 Å². The van der Waals surface area contributed by atoms with Crippen LogP contribution in [0.15, 0.2) is 97.3 Å². The van der Waals surface area contributed by atoms with Gasteiger partial charge in [-0.1, -0.05) is 48.5 Å². The van der Waals surface area contributed by atoms with Crippen LogP contribution >= 0.6 is 0 Å². The fourth-order valence-electron chi connectivity index (χ4n) is 6.70. The molecule has 1 saturated heterocycles. The second-order valence-electron chi connectivity index (χ2n) is 11.6. The van der Waals surface area contributed by atoms with Crippen LogP contribution in [0.25, 0.3) is 38.9 Å². The molecule has 8 heteroatoms. The minimum absolute atomic E-state index is 0.190. The Morgan fingerprint density at radius 1 is 0.791 bits per heavy atom. The molecule has 3 aromatic carbocycles. The highest BCUT2D eigenvalue weighted by atomic mass is 19.1. The van der Waals surface area contributed by atoms with E-state index in [1.54, 1.807) is 18.3 Å². The summed E-state index contributed by atoms with van der Waals surface area (Å²) in [6.07, 6.45) is 5.88. The van der Waals surface area contributed by atoms with Gasteiger partial charge in [-0.2, -0.15) is 0 Å². The average Bonchev–Trinajstić information content (AvgIpc) is 3.41. The van der Waals surface area contributed by atoms with Crippen molar-refractivity contribution in [3.8, 4) is 22.5 Å². The number of fused-ring (bicyclic) bond motifs is 2. The second-order valence-corrected chi connectivity index (χ2v) is 11.6. The van der Waals surface area contributed by atoms with Gasteiger partial charge in [0.2, 0.25) is 0 Å². The third-order valence-electron chi connectivity index (χ3n) is 9.15. The predicted octanol–water partition coefficient (Wildman–Crippen LogP) is 6.40. The lowest BCUT2D eigenvalue weighted by molar-refractivity contribution is 0.0994. The Balaban J connectivity index is 1.04. The predicted molar refractivity (Wildman–Crippen MR) is 170 cm³/mol. The van der Waals surface area contributed by atoms with Gasteiger partial charge in [0, 0.05) is 72.7 Å². The van der Waals surface area contributed by atoms with Crippen molar-refractivity contribution in [3.63, 3.8) is 0 Å². The molecule has 7 nitrogen and oxygen atoms in total. The number of imidazole rings is 1. The van der Waals surface area contributed by atoms with E-state index in [0.29, 0.717) is 17.8 Å². The summed E-state index contributed by atoms with van der Waals surface area (Å²) in [6.45, 7) is 3.92. The van der Waals surface area contributed by atoms with Crippen LogP contribution in [0.5, 0.6) is 0 Å². The lowest BCUT2D eigenvalue weighted by Crippen LogP contribution is -2.53. The fraction of sp³-hybridized carbons (Fsp3) is 0.229. The second kappa shape index (κ2) is 10.5. The fourth-order valence-corrected chi connectivity index (χ4v) is 6.70. The average molecular weight is 570 g/mol. The van der Waals surface area contributed by atoms with E-state index in [1.165, 1.54) is 0 Å². The summed E-state index contributed by atoms with van der Waals surface area (Å²) in [5.41, 5.74) is 13.2. The molecule has 3 aromatic heterocycles. The lowest BCUT2D eigenvalue weighted by atomic mass is 9.78. The highest BCUT2D eigenvalue weighted by Crippen LogP contribution is 2.42. The van der Waals surface area contributed by atoms with Crippen molar-refractivity contribution in [2.24, 2.45) is 0 Å². The number of nitrogen functional groups attached to an aromatic ring is 1. The smallest absolute Gasteiger partial charge is 0.150 e. The topological polar surface area (TPSA) is 75.6 Å². The number of halogens is 1. The molecule has 0 radical (unpaired) electrons. The van der Waals surface area contributed by atoms with Crippen LogP contribution in [0.2, 0.25) is 0 Å². The Bertz CT molecular complexity index is 1920. The Morgan fingerprint density at radius 2 is 1.56 bits per heavy atom. The number of piperazine rings is 1. The number of hydrogen-bond acceptors (Lipinski definition) is 6. The summed E-state index contributed by atoms with van der Waals surface area (Å²) >= 11 is 0. The molecule has 2 aliphatic rings. The first-order valence-corrected chi connectivity index (χ1v) is 14.9. The van der Waals surface area contributed by atoms with E-state index in [1.807, 2.05) is 36.5 Å². The number of anilines is 2. The van der Waals surface area contributed by atoms with Crippen LogP contribution in [0, 0.1) is 5.82 Å². The molecule has 0 amide bonds. The summed E-state index contributed by atoms with van der Waals surface area (Å²) in [6, 6.07) is 28.1. The summed E-state index contributed by atoms with van der Waals surface area (Å²) in [4.78, 5) is 19.6. The third-order valence-corrected chi connectivity index (χ3v) is 9.15. The van der Waals surface area contributed by atoms with Crippen molar-refractivity contribution in [1.82, 2.24) is 24.3 Å². The van der Waals surface area contributed by atoms with Crippen LogP contribution in [0.4, 0.5) is 15.9 Å². The molecular formula is C35H32FN7. The van der Waals surface area contributed by atoms with Crippen molar-refractivity contribution in [2.45, 2.75) is 24.8 Å². The number of aromatic nitrogens is 4. The Hall–Kier alpha value is -4.82. The molecular weight excluding hydrogens is 537 g/mol. The zero-order chi connectivity index (χ0) is 28.9. The minimum atomic E-state index is -0.190. The maximum absolute atomic E-state index is 13.4. The summed E-state index contributed by atoms with van der Waals surface area (Å²) in [5, 5.41) is 1.08. The van der Waals surface area contributed by atoms with Gasteiger partial charge in [0.15, 0.2) is 0 Å². The van der Waals surface area contributed by atoms with Gasteiger partial charge in [-0.15, -0.1) is 0 Å². The van der Waals surface area contributed by atoms with Gasteiger partial charge in [0.1, 0.15) is 28.7 Å². The van der Waals surface area contributed by atoms with Gasteiger partial charge in [-0.05, 0) is 49.2 Å². The number of nitrogens with zero attached hydrogens (tertiary/aromatic N) is 6. The molecule has 2 N–H and O–H groups in total. The number of pyridine rings is 1. The molecule has 214 valence electrons. The summed E-state index contributed by atoms with van der Waals surface area (Å²) in [5.74, 6) is 1.69. The Kier molecular flexibility index (Phi) is 6.30. The van der Waals surface area contributed by atoms with Crippen LogP contribution in [-0.4, -0.2) is 56.5 Å². The van der Waals surface area contributed by atoms with Gasteiger partial charge in [0.05, 0.1) is 11.2 Å².